The number of halogens is 2. The van der Waals surface area contributed by atoms with E-state index < -0.39 is 9.84 Å². The second-order valence-corrected chi connectivity index (χ2v) is 9.17. The summed E-state index contributed by atoms with van der Waals surface area (Å²) in [5, 5.41) is 0.964. The number of hydrogen-bond donors (Lipinski definition) is 0. The highest BCUT2D eigenvalue weighted by Gasteiger charge is 2.35. The Hall–Kier alpha value is -1.56. The van der Waals surface area contributed by atoms with Crippen LogP contribution in [0.3, 0.4) is 0 Å². The Balaban J connectivity index is 1.92. The van der Waals surface area contributed by atoms with E-state index in [2.05, 4.69) is 0 Å². The number of nitrogens with zero attached hydrogens (tertiary/aromatic N) is 1. The number of carbonyl (C=O) groups excluding carboxylic acids is 1. The van der Waals surface area contributed by atoms with Gasteiger partial charge in [-0.1, -0.05) is 47.5 Å². The van der Waals surface area contributed by atoms with Gasteiger partial charge < -0.3 is 4.90 Å². The topological polar surface area (TPSA) is 54.5 Å². The molecule has 0 saturated carbocycles. The highest BCUT2D eigenvalue weighted by molar-refractivity contribution is 7.91. The first kappa shape index (κ1) is 18.2. The minimum atomic E-state index is -3.11. The predicted molar refractivity (Wildman–Crippen MR) is 99.8 cm³/mol. The summed E-state index contributed by atoms with van der Waals surface area (Å²) in [6.45, 7) is 0.307. The number of hydrogen-bond acceptors (Lipinski definition) is 3. The molecular formula is C18H17Cl2NO3S. The Kier molecular flexibility index (Phi) is 5.37. The van der Waals surface area contributed by atoms with Crippen LogP contribution in [0.15, 0.2) is 48.5 Å². The first-order valence-electron chi connectivity index (χ1n) is 7.86. The Morgan fingerprint density at radius 2 is 1.76 bits per heavy atom. The van der Waals surface area contributed by atoms with Gasteiger partial charge in [0.25, 0.3) is 5.91 Å². The Morgan fingerprint density at radius 1 is 1.08 bits per heavy atom. The van der Waals surface area contributed by atoms with Gasteiger partial charge in [-0.2, -0.15) is 0 Å². The van der Waals surface area contributed by atoms with Crippen molar-refractivity contribution in [2.75, 3.05) is 11.5 Å². The predicted octanol–water partition coefficient (Wildman–Crippen LogP) is 3.82. The van der Waals surface area contributed by atoms with Crippen LogP contribution in [0.1, 0.15) is 22.3 Å². The number of benzene rings is 2. The van der Waals surface area contributed by atoms with Crippen molar-refractivity contribution in [2.24, 2.45) is 0 Å². The second-order valence-electron chi connectivity index (χ2n) is 6.10. The molecular weight excluding hydrogens is 381 g/mol. The smallest absolute Gasteiger partial charge is 0.255 e. The normalized spacial score (nSPS) is 18.9. The molecule has 0 bridgehead atoms. The lowest BCUT2D eigenvalue weighted by molar-refractivity contribution is 0.0681. The molecule has 7 heteroatoms. The molecule has 0 spiro atoms. The Bertz CT molecular complexity index is 881. The maximum atomic E-state index is 13.1. The van der Waals surface area contributed by atoms with Gasteiger partial charge >= 0.3 is 0 Å². The second kappa shape index (κ2) is 7.36. The standard InChI is InChI=1S/C18H17Cl2NO3S/c19-14-7-5-13(6-8-14)11-21(15-9-10-25(23,24)12-15)18(22)16-3-1-2-4-17(16)20/h1-8,15H,9-12H2/t15-/m0/s1. The molecule has 25 heavy (non-hydrogen) atoms. The van der Waals surface area contributed by atoms with Crippen LogP contribution < -0.4 is 0 Å². The average molecular weight is 398 g/mol. The lowest BCUT2D eigenvalue weighted by atomic mass is 10.1. The molecule has 1 atom stereocenters. The fourth-order valence-corrected chi connectivity index (χ4v) is 5.04. The fraction of sp³-hybridized carbons (Fsp3) is 0.278. The van der Waals surface area contributed by atoms with E-state index in [0.29, 0.717) is 28.6 Å². The average Bonchev–Trinajstić information content (AvgIpc) is 2.94. The molecule has 2 aromatic carbocycles. The first-order chi connectivity index (χ1) is 11.9. The molecule has 3 rings (SSSR count). The van der Waals surface area contributed by atoms with Crippen LogP contribution in [0.4, 0.5) is 0 Å². The molecule has 0 radical (unpaired) electrons. The maximum absolute atomic E-state index is 13.1. The van der Waals surface area contributed by atoms with Gasteiger partial charge in [0.15, 0.2) is 9.84 Å². The van der Waals surface area contributed by atoms with E-state index in [0.717, 1.165) is 5.56 Å². The van der Waals surface area contributed by atoms with Crippen molar-refractivity contribution in [3.8, 4) is 0 Å². The Labute approximate surface area is 157 Å². The van der Waals surface area contributed by atoms with E-state index in [1.165, 1.54) is 0 Å². The van der Waals surface area contributed by atoms with Crippen molar-refractivity contribution in [1.82, 2.24) is 4.90 Å². The summed E-state index contributed by atoms with van der Waals surface area (Å²) < 4.78 is 23.8. The van der Waals surface area contributed by atoms with Crippen LogP contribution in [0.25, 0.3) is 0 Å². The van der Waals surface area contributed by atoms with E-state index in [1.54, 1.807) is 41.3 Å². The van der Waals surface area contributed by atoms with Crippen molar-refractivity contribution < 1.29 is 13.2 Å². The van der Waals surface area contributed by atoms with Gasteiger partial charge in [0.05, 0.1) is 22.1 Å². The molecule has 1 aliphatic heterocycles. The number of carbonyl (C=O) groups is 1. The molecule has 0 N–H and O–H groups in total. The summed E-state index contributed by atoms with van der Waals surface area (Å²) in [6, 6.07) is 13.6. The van der Waals surface area contributed by atoms with Crippen LogP contribution >= 0.6 is 23.2 Å². The first-order valence-corrected chi connectivity index (χ1v) is 10.4. The van der Waals surface area contributed by atoms with Crippen LogP contribution in [0.2, 0.25) is 10.0 Å². The van der Waals surface area contributed by atoms with Gasteiger partial charge in [-0.15, -0.1) is 0 Å². The molecule has 0 aromatic heterocycles. The van der Waals surface area contributed by atoms with Crippen molar-refractivity contribution >= 4 is 38.9 Å². The third-order valence-electron chi connectivity index (χ3n) is 4.28. The van der Waals surface area contributed by atoms with Gasteiger partial charge in [0.2, 0.25) is 0 Å². The molecule has 1 saturated heterocycles. The molecule has 0 aliphatic carbocycles. The molecule has 1 fully saturated rings. The van der Waals surface area contributed by atoms with Crippen molar-refractivity contribution in [3.63, 3.8) is 0 Å². The molecule has 1 amide bonds. The van der Waals surface area contributed by atoms with E-state index in [-0.39, 0.29) is 23.5 Å². The van der Waals surface area contributed by atoms with Gasteiger partial charge in [0, 0.05) is 17.6 Å². The molecule has 132 valence electrons. The SMILES string of the molecule is O=C(c1ccccc1Cl)N(Cc1ccc(Cl)cc1)[C@H]1CCS(=O)(=O)C1. The summed E-state index contributed by atoms with van der Waals surface area (Å²) in [4.78, 5) is 14.7. The molecule has 1 heterocycles. The lowest BCUT2D eigenvalue weighted by Crippen LogP contribution is -2.40. The van der Waals surface area contributed by atoms with E-state index >= 15 is 0 Å². The van der Waals surface area contributed by atoms with Crippen molar-refractivity contribution in [1.29, 1.82) is 0 Å². The zero-order valence-electron chi connectivity index (χ0n) is 13.4. The Morgan fingerprint density at radius 3 is 2.36 bits per heavy atom. The monoisotopic (exact) mass is 397 g/mol. The van der Waals surface area contributed by atoms with Crippen LogP contribution in [-0.2, 0) is 16.4 Å². The third-order valence-corrected chi connectivity index (χ3v) is 6.61. The van der Waals surface area contributed by atoms with Gasteiger partial charge in [-0.3, -0.25) is 4.79 Å². The summed E-state index contributed by atoms with van der Waals surface area (Å²) >= 11 is 12.1. The maximum Gasteiger partial charge on any atom is 0.255 e. The number of amides is 1. The number of sulfone groups is 1. The summed E-state index contributed by atoms with van der Waals surface area (Å²) in [5.74, 6) is -0.177. The van der Waals surface area contributed by atoms with Gasteiger partial charge in [0.1, 0.15) is 0 Å². The fourth-order valence-electron chi connectivity index (χ4n) is 2.96. The van der Waals surface area contributed by atoms with Crippen LogP contribution in [0, 0.1) is 0 Å². The minimum absolute atomic E-state index is 0.0171. The van der Waals surface area contributed by atoms with Crippen LogP contribution in [0.5, 0.6) is 0 Å². The molecule has 4 nitrogen and oxygen atoms in total. The van der Waals surface area contributed by atoms with Crippen molar-refractivity contribution in [2.45, 2.75) is 19.0 Å². The third kappa shape index (κ3) is 4.35. The largest absolute Gasteiger partial charge is 0.330 e. The molecule has 0 unspecified atom stereocenters. The van der Waals surface area contributed by atoms with Crippen molar-refractivity contribution in [3.05, 3.63) is 69.7 Å². The summed E-state index contributed by atoms with van der Waals surface area (Å²) in [5.41, 5.74) is 1.26. The van der Waals surface area contributed by atoms with E-state index in [1.807, 2.05) is 12.1 Å². The lowest BCUT2D eigenvalue weighted by Gasteiger charge is -2.29. The van der Waals surface area contributed by atoms with E-state index in [9.17, 15) is 13.2 Å². The van der Waals surface area contributed by atoms with Crippen LogP contribution in [-0.4, -0.2) is 36.8 Å². The zero-order chi connectivity index (χ0) is 18.0. The summed E-state index contributed by atoms with van der Waals surface area (Å²) in [6.07, 6.45) is 0.437. The number of rotatable bonds is 4. The zero-order valence-corrected chi connectivity index (χ0v) is 15.7. The molecule has 2 aromatic rings. The van der Waals surface area contributed by atoms with E-state index in [4.69, 9.17) is 23.2 Å². The summed E-state index contributed by atoms with van der Waals surface area (Å²) in [7, 11) is -3.11. The van der Waals surface area contributed by atoms with Gasteiger partial charge in [-0.25, -0.2) is 8.42 Å². The highest BCUT2D eigenvalue weighted by Crippen LogP contribution is 2.25. The quantitative estimate of drug-likeness (QED) is 0.787. The minimum Gasteiger partial charge on any atom is -0.330 e. The highest BCUT2D eigenvalue weighted by atomic mass is 35.5. The van der Waals surface area contributed by atoms with Gasteiger partial charge in [-0.05, 0) is 36.2 Å². The molecule has 1 aliphatic rings.